The van der Waals surface area contributed by atoms with Gasteiger partial charge >= 0.3 is 0 Å². The summed E-state index contributed by atoms with van der Waals surface area (Å²) in [7, 11) is 0. The Hall–Kier alpha value is -2.47. The van der Waals surface area contributed by atoms with Crippen molar-refractivity contribution >= 4 is 22.4 Å². The molecule has 2 heterocycles. The van der Waals surface area contributed by atoms with Gasteiger partial charge in [0, 0.05) is 0 Å². The third-order valence-electron chi connectivity index (χ3n) is 3.31. The highest BCUT2D eigenvalue weighted by atomic mass is 32.1. The number of rotatable bonds is 5. The van der Waals surface area contributed by atoms with E-state index < -0.39 is 0 Å². The molecule has 0 saturated carbocycles. The Labute approximate surface area is 132 Å². The average Bonchev–Trinajstić information content (AvgIpc) is 3.20. The van der Waals surface area contributed by atoms with Crippen LogP contribution < -0.4 is 5.32 Å². The quantitative estimate of drug-likeness (QED) is 0.775. The van der Waals surface area contributed by atoms with Crippen LogP contribution >= 0.6 is 11.3 Å². The van der Waals surface area contributed by atoms with E-state index in [1.54, 1.807) is 12.3 Å². The lowest BCUT2D eigenvalue weighted by Gasteiger charge is -2.13. The van der Waals surface area contributed by atoms with Crippen LogP contribution in [0, 0.1) is 0 Å². The molecule has 0 fully saturated rings. The normalized spacial score (nSPS) is 12.0. The third kappa shape index (κ3) is 3.07. The predicted octanol–water partition coefficient (Wildman–Crippen LogP) is 3.93. The fourth-order valence-electron chi connectivity index (χ4n) is 2.22. The molecule has 0 aliphatic carbocycles. The van der Waals surface area contributed by atoms with Gasteiger partial charge in [-0.2, -0.15) is 0 Å². The number of hydrogen-bond acceptors (Lipinski definition) is 5. The number of carbonyl (C=O) groups excluding carboxylic acids is 1. The van der Waals surface area contributed by atoms with Crippen molar-refractivity contribution in [3.8, 4) is 10.8 Å². The number of hydrogen-bond donors (Lipinski definition) is 1. The smallest absolute Gasteiger partial charge is 0.233 e. The zero-order valence-electron chi connectivity index (χ0n) is 12.0. The molecule has 5 nitrogen and oxygen atoms in total. The average molecular weight is 313 g/mol. The molecule has 0 aliphatic heterocycles. The Bertz CT molecular complexity index is 738. The Morgan fingerprint density at radius 2 is 2.05 bits per heavy atom. The molecule has 0 unspecified atom stereocenters. The molecule has 2 aromatic heterocycles. The fourth-order valence-corrected chi connectivity index (χ4v) is 2.94. The molecule has 3 aromatic rings. The fraction of sp³-hybridized carbons (Fsp3) is 0.188. The van der Waals surface area contributed by atoms with Crippen molar-refractivity contribution in [2.75, 3.05) is 5.32 Å². The first-order valence-electron chi connectivity index (χ1n) is 7.01. The lowest BCUT2D eigenvalue weighted by molar-refractivity contribution is -0.117. The van der Waals surface area contributed by atoms with Crippen molar-refractivity contribution < 1.29 is 9.21 Å². The van der Waals surface area contributed by atoms with E-state index in [4.69, 9.17) is 4.42 Å². The van der Waals surface area contributed by atoms with E-state index in [9.17, 15) is 4.79 Å². The van der Waals surface area contributed by atoms with Gasteiger partial charge in [-0.25, -0.2) is 0 Å². The molecule has 0 radical (unpaired) electrons. The van der Waals surface area contributed by atoms with E-state index in [0.717, 1.165) is 12.0 Å². The first kappa shape index (κ1) is 14.5. The minimum Gasteiger partial charge on any atom is -0.462 e. The Morgan fingerprint density at radius 1 is 1.23 bits per heavy atom. The van der Waals surface area contributed by atoms with Gasteiger partial charge in [-0.1, -0.05) is 48.6 Å². The molecule has 6 heteroatoms. The van der Waals surface area contributed by atoms with Gasteiger partial charge in [0.2, 0.25) is 11.0 Å². The summed E-state index contributed by atoms with van der Waals surface area (Å²) in [4.78, 5) is 12.4. The Balaban J connectivity index is 1.73. The first-order chi connectivity index (χ1) is 10.8. The zero-order valence-corrected chi connectivity index (χ0v) is 12.8. The van der Waals surface area contributed by atoms with Crippen LogP contribution in [-0.4, -0.2) is 16.1 Å². The standard InChI is InChI=1S/C16H15N3O2S/c1-2-12(11-7-4-3-5-8-11)14(20)17-16-19-18-15(22-16)13-9-6-10-21-13/h3-10,12H,2H2,1H3,(H,17,19,20)/t12-/m0/s1. The van der Waals surface area contributed by atoms with Gasteiger partial charge < -0.3 is 4.42 Å². The molecule has 22 heavy (non-hydrogen) atoms. The molecule has 1 aromatic carbocycles. The molecule has 112 valence electrons. The predicted molar refractivity (Wildman–Crippen MR) is 85.7 cm³/mol. The van der Waals surface area contributed by atoms with Crippen molar-refractivity contribution in [2.45, 2.75) is 19.3 Å². The maximum atomic E-state index is 12.4. The lowest BCUT2D eigenvalue weighted by Crippen LogP contribution is -2.20. The maximum absolute atomic E-state index is 12.4. The number of nitrogens with zero attached hydrogens (tertiary/aromatic N) is 2. The molecular formula is C16H15N3O2S. The summed E-state index contributed by atoms with van der Waals surface area (Å²) < 4.78 is 5.27. The number of anilines is 1. The van der Waals surface area contributed by atoms with E-state index in [2.05, 4.69) is 15.5 Å². The van der Waals surface area contributed by atoms with Gasteiger partial charge in [0.05, 0.1) is 12.2 Å². The highest BCUT2D eigenvalue weighted by molar-refractivity contribution is 7.18. The van der Waals surface area contributed by atoms with E-state index >= 15 is 0 Å². The summed E-state index contributed by atoms with van der Waals surface area (Å²) in [6.07, 6.45) is 2.30. The van der Waals surface area contributed by atoms with Crippen LogP contribution in [0.1, 0.15) is 24.8 Å². The SMILES string of the molecule is CC[C@H](C(=O)Nc1nnc(-c2ccco2)s1)c1ccccc1. The first-order valence-corrected chi connectivity index (χ1v) is 7.82. The minimum absolute atomic E-state index is 0.0733. The summed E-state index contributed by atoms with van der Waals surface area (Å²) in [6, 6.07) is 13.3. The lowest BCUT2D eigenvalue weighted by atomic mass is 9.96. The molecule has 0 bridgehead atoms. The van der Waals surface area contributed by atoms with Crippen molar-refractivity contribution in [1.29, 1.82) is 0 Å². The van der Waals surface area contributed by atoms with Crippen LogP contribution in [0.5, 0.6) is 0 Å². The summed E-state index contributed by atoms with van der Waals surface area (Å²) >= 11 is 1.29. The van der Waals surface area contributed by atoms with Gasteiger partial charge in [0.1, 0.15) is 0 Å². The maximum Gasteiger partial charge on any atom is 0.233 e. The third-order valence-corrected chi connectivity index (χ3v) is 4.17. The summed E-state index contributed by atoms with van der Waals surface area (Å²) in [5.41, 5.74) is 0.998. The van der Waals surface area contributed by atoms with Gasteiger partial charge in [-0.3, -0.25) is 10.1 Å². The summed E-state index contributed by atoms with van der Waals surface area (Å²) in [5, 5.41) is 12.0. The monoisotopic (exact) mass is 313 g/mol. The van der Waals surface area contributed by atoms with Crippen molar-refractivity contribution in [2.24, 2.45) is 0 Å². The molecule has 0 aliphatic rings. The van der Waals surface area contributed by atoms with Crippen LogP contribution in [-0.2, 0) is 4.79 Å². The van der Waals surface area contributed by atoms with Crippen LogP contribution in [0.15, 0.2) is 53.1 Å². The van der Waals surface area contributed by atoms with Gasteiger partial charge in [0.15, 0.2) is 10.8 Å². The number of furan rings is 1. The number of benzene rings is 1. The largest absolute Gasteiger partial charge is 0.462 e. The molecule has 0 spiro atoms. The van der Waals surface area contributed by atoms with Gasteiger partial charge in [-0.05, 0) is 24.1 Å². The second-order valence-corrected chi connectivity index (χ2v) is 5.73. The molecule has 1 atom stereocenters. The Morgan fingerprint density at radius 3 is 2.73 bits per heavy atom. The van der Waals surface area contributed by atoms with Crippen LogP contribution in [0.4, 0.5) is 5.13 Å². The van der Waals surface area contributed by atoms with Crippen LogP contribution in [0.25, 0.3) is 10.8 Å². The minimum atomic E-state index is -0.197. The highest BCUT2D eigenvalue weighted by Gasteiger charge is 2.20. The van der Waals surface area contributed by atoms with Crippen LogP contribution in [0.2, 0.25) is 0 Å². The second kappa shape index (κ2) is 6.53. The van der Waals surface area contributed by atoms with E-state index in [1.807, 2.05) is 43.3 Å². The highest BCUT2D eigenvalue weighted by Crippen LogP contribution is 2.28. The second-order valence-electron chi connectivity index (χ2n) is 4.75. The zero-order chi connectivity index (χ0) is 15.4. The van der Waals surface area contributed by atoms with Crippen molar-refractivity contribution in [3.05, 3.63) is 54.3 Å². The summed E-state index contributed by atoms with van der Waals surface area (Å²) in [5.74, 6) is 0.376. The van der Waals surface area contributed by atoms with Gasteiger partial charge in [0.25, 0.3) is 0 Å². The molecule has 1 amide bonds. The molecule has 0 saturated heterocycles. The van der Waals surface area contributed by atoms with Gasteiger partial charge in [-0.15, -0.1) is 10.2 Å². The number of carbonyl (C=O) groups is 1. The molecular weight excluding hydrogens is 298 g/mol. The topological polar surface area (TPSA) is 68.0 Å². The van der Waals surface area contributed by atoms with Crippen molar-refractivity contribution in [1.82, 2.24) is 10.2 Å². The van der Waals surface area contributed by atoms with E-state index in [-0.39, 0.29) is 11.8 Å². The molecule has 3 rings (SSSR count). The Kier molecular flexibility index (Phi) is 4.29. The van der Waals surface area contributed by atoms with Crippen LogP contribution in [0.3, 0.4) is 0 Å². The number of nitrogens with one attached hydrogen (secondary N) is 1. The number of aromatic nitrogens is 2. The number of amides is 1. The van der Waals surface area contributed by atoms with E-state index in [1.165, 1.54) is 11.3 Å². The van der Waals surface area contributed by atoms with E-state index in [0.29, 0.717) is 15.9 Å². The summed E-state index contributed by atoms with van der Waals surface area (Å²) in [6.45, 7) is 1.99. The van der Waals surface area contributed by atoms with Crippen molar-refractivity contribution in [3.63, 3.8) is 0 Å². The molecule has 1 N–H and O–H groups in total.